The average molecular weight is 411 g/mol. The summed E-state index contributed by atoms with van der Waals surface area (Å²) in [6.45, 7) is 9.44. The molecule has 0 bridgehead atoms. The van der Waals surface area contributed by atoms with Gasteiger partial charge in [-0.15, -0.1) is 5.10 Å². The van der Waals surface area contributed by atoms with Crippen LogP contribution in [-0.2, 0) is 4.79 Å². The Balaban J connectivity index is 1.58. The van der Waals surface area contributed by atoms with Crippen LogP contribution >= 0.6 is 11.8 Å². The summed E-state index contributed by atoms with van der Waals surface area (Å²) >= 11 is 1.30. The summed E-state index contributed by atoms with van der Waals surface area (Å²) in [4.78, 5) is 14.7. The van der Waals surface area contributed by atoms with Gasteiger partial charge < -0.3 is 10.2 Å². The highest BCUT2D eigenvalue weighted by Crippen LogP contribution is 2.21. The Morgan fingerprint density at radius 2 is 1.83 bits per heavy atom. The van der Waals surface area contributed by atoms with E-state index >= 15 is 0 Å². The van der Waals surface area contributed by atoms with Gasteiger partial charge in [-0.3, -0.25) is 4.79 Å². The van der Waals surface area contributed by atoms with Crippen LogP contribution in [0.15, 0.2) is 53.7 Å². The number of benzene rings is 2. The van der Waals surface area contributed by atoms with Gasteiger partial charge >= 0.3 is 0 Å². The lowest BCUT2D eigenvalue weighted by Gasteiger charge is -2.27. The molecule has 1 amide bonds. The summed E-state index contributed by atoms with van der Waals surface area (Å²) < 4.78 is 1.64. The minimum Gasteiger partial charge on any atom is -0.369 e. The first-order valence-electron chi connectivity index (χ1n) is 9.62. The van der Waals surface area contributed by atoms with Gasteiger partial charge in [0.25, 0.3) is 0 Å². The molecule has 1 heterocycles. The molecule has 0 radical (unpaired) electrons. The molecule has 0 saturated carbocycles. The molecule has 0 spiro atoms. The van der Waals surface area contributed by atoms with E-state index in [0.29, 0.717) is 11.2 Å². The van der Waals surface area contributed by atoms with E-state index in [-0.39, 0.29) is 11.7 Å². The Bertz CT molecular complexity index is 937. The number of hydrogen-bond acceptors (Lipinski definition) is 6. The van der Waals surface area contributed by atoms with Crippen molar-refractivity contribution in [1.82, 2.24) is 20.2 Å². The smallest absolute Gasteiger partial charge is 0.234 e. The van der Waals surface area contributed by atoms with Crippen LogP contribution in [0.5, 0.6) is 0 Å². The van der Waals surface area contributed by atoms with Crippen molar-refractivity contribution < 1.29 is 4.79 Å². The fourth-order valence-electron chi connectivity index (χ4n) is 3.03. The van der Waals surface area contributed by atoms with Gasteiger partial charge in [-0.05, 0) is 74.5 Å². The minimum atomic E-state index is -0.0996. The molecule has 1 aromatic heterocycles. The zero-order valence-corrected chi connectivity index (χ0v) is 18.0. The Hall–Kier alpha value is -2.87. The lowest BCUT2D eigenvalue weighted by Crippen LogP contribution is -2.30. The number of anilines is 2. The van der Waals surface area contributed by atoms with E-state index in [1.165, 1.54) is 11.8 Å². The quantitative estimate of drug-likeness (QED) is 0.567. The zero-order valence-electron chi connectivity index (χ0n) is 17.2. The molecular weight excluding hydrogens is 384 g/mol. The van der Waals surface area contributed by atoms with E-state index in [1.807, 2.05) is 55.5 Å². The molecule has 0 fully saturated rings. The molecule has 152 valence electrons. The second-order valence-electron chi connectivity index (χ2n) is 6.97. The van der Waals surface area contributed by atoms with Gasteiger partial charge in [0.2, 0.25) is 11.1 Å². The van der Waals surface area contributed by atoms with Crippen molar-refractivity contribution in [3.63, 3.8) is 0 Å². The molecule has 0 aliphatic rings. The number of aryl methyl sites for hydroxylation is 1. The molecule has 0 unspecified atom stereocenters. The van der Waals surface area contributed by atoms with E-state index in [4.69, 9.17) is 0 Å². The van der Waals surface area contributed by atoms with Gasteiger partial charge in [-0.2, -0.15) is 4.68 Å². The first kappa shape index (κ1) is 20.9. The van der Waals surface area contributed by atoms with E-state index in [9.17, 15) is 4.79 Å². The fraction of sp³-hybridized carbons (Fsp3) is 0.333. The van der Waals surface area contributed by atoms with Crippen molar-refractivity contribution in [1.29, 1.82) is 0 Å². The van der Waals surface area contributed by atoms with Crippen LogP contribution in [0.4, 0.5) is 11.4 Å². The van der Waals surface area contributed by atoms with Crippen LogP contribution in [0.2, 0.25) is 0 Å². The zero-order chi connectivity index (χ0) is 20.8. The summed E-state index contributed by atoms with van der Waals surface area (Å²) in [6, 6.07) is 16.3. The van der Waals surface area contributed by atoms with Crippen LogP contribution in [-0.4, -0.2) is 44.5 Å². The third-order valence-electron chi connectivity index (χ3n) is 4.50. The van der Waals surface area contributed by atoms with Crippen LogP contribution < -0.4 is 10.2 Å². The number of carbonyl (C=O) groups is 1. The second kappa shape index (κ2) is 9.56. The van der Waals surface area contributed by atoms with Crippen LogP contribution in [0.25, 0.3) is 5.69 Å². The van der Waals surface area contributed by atoms with Crippen molar-refractivity contribution in [2.45, 2.75) is 38.9 Å². The number of hydrogen-bond donors (Lipinski definition) is 1. The van der Waals surface area contributed by atoms with Crippen molar-refractivity contribution >= 4 is 29.0 Å². The normalized spacial score (nSPS) is 10.9. The SMILES string of the molecule is CCN(c1ccc(NC(=O)CSc2nnnn2-c2ccc(C)cc2)cc1)C(C)C. The largest absolute Gasteiger partial charge is 0.369 e. The summed E-state index contributed by atoms with van der Waals surface area (Å²) in [7, 11) is 0. The number of tetrazole rings is 1. The number of amides is 1. The molecular formula is C21H26N6OS. The molecule has 7 nitrogen and oxygen atoms in total. The molecule has 0 aliphatic carbocycles. The maximum atomic E-state index is 12.4. The number of thioether (sulfide) groups is 1. The predicted molar refractivity (Wildman–Crippen MR) is 118 cm³/mol. The van der Waals surface area contributed by atoms with Crippen LogP contribution in [0, 0.1) is 6.92 Å². The van der Waals surface area contributed by atoms with Gasteiger partial charge in [0.05, 0.1) is 11.4 Å². The Morgan fingerprint density at radius 3 is 2.45 bits per heavy atom. The van der Waals surface area contributed by atoms with Gasteiger partial charge in [0.15, 0.2) is 0 Å². The van der Waals surface area contributed by atoms with Gasteiger partial charge in [0.1, 0.15) is 0 Å². The van der Waals surface area contributed by atoms with E-state index in [1.54, 1.807) is 4.68 Å². The van der Waals surface area contributed by atoms with Crippen LogP contribution in [0.1, 0.15) is 26.3 Å². The molecule has 0 saturated heterocycles. The summed E-state index contributed by atoms with van der Waals surface area (Å²) in [5, 5.41) is 15.3. The fourth-order valence-corrected chi connectivity index (χ4v) is 3.72. The maximum absolute atomic E-state index is 12.4. The molecule has 3 rings (SSSR count). The van der Waals surface area contributed by atoms with Crippen molar-refractivity contribution in [2.24, 2.45) is 0 Å². The first-order valence-corrected chi connectivity index (χ1v) is 10.6. The van der Waals surface area contributed by atoms with Gasteiger partial charge in [-0.25, -0.2) is 0 Å². The number of nitrogens with one attached hydrogen (secondary N) is 1. The molecule has 8 heteroatoms. The molecule has 3 aromatic rings. The number of rotatable bonds is 8. The first-order chi connectivity index (χ1) is 14.0. The Labute approximate surface area is 175 Å². The average Bonchev–Trinajstić information content (AvgIpc) is 3.17. The topological polar surface area (TPSA) is 75.9 Å². The van der Waals surface area contributed by atoms with E-state index < -0.39 is 0 Å². The number of carbonyl (C=O) groups excluding carboxylic acids is 1. The maximum Gasteiger partial charge on any atom is 0.234 e. The van der Waals surface area contributed by atoms with Crippen molar-refractivity contribution in [3.8, 4) is 5.69 Å². The monoisotopic (exact) mass is 410 g/mol. The number of aromatic nitrogens is 4. The standard InChI is InChI=1S/C21H26N6OS/c1-5-26(15(2)3)18-12-8-17(9-13-18)22-20(28)14-29-21-23-24-25-27(21)19-10-6-16(4)7-11-19/h6-13,15H,5,14H2,1-4H3,(H,22,28). The van der Waals surface area contributed by atoms with Gasteiger partial charge in [0, 0.05) is 24.0 Å². The predicted octanol–water partition coefficient (Wildman–Crippen LogP) is 3.94. The van der Waals surface area contributed by atoms with Crippen molar-refractivity contribution in [2.75, 3.05) is 22.5 Å². The molecule has 29 heavy (non-hydrogen) atoms. The highest BCUT2D eigenvalue weighted by molar-refractivity contribution is 7.99. The lowest BCUT2D eigenvalue weighted by molar-refractivity contribution is -0.113. The lowest BCUT2D eigenvalue weighted by atomic mass is 10.2. The molecule has 1 N–H and O–H groups in total. The summed E-state index contributed by atoms with van der Waals surface area (Å²) in [5.74, 6) is 0.124. The highest BCUT2D eigenvalue weighted by atomic mass is 32.2. The molecule has 0 atom stereocenters. The van der Waals surface area contributed by atoms with Gasteiger partial charge in [-0.1, -0.05) is 29.5 Å². The Morgan fingerprint density at radius 1 is 1.14 bits per heavy atom. The minimum absolute atomic E-state index is 0.0996. The van der Waals surface area contributed by atoms with E-state index in [0.717, 1.165) is 29.2 Å². The summed E-state index contributed by atoms with van der Waals surface area (Å²) in [5.41, 5.74) is 3.95. The van der Waals surface area contributed by atoms with E-state index in [2.05, 4.69) is 46.5 Å². The highest BCUT2D eigenvalue weighted by Gasteiger charge is 2.12. The third kappa shape index (κ3) is 5.35. The second-order valence-corrected chi connectivity index (χ2v) is 7.91. The van der Waals surface area contributed by atoms with Crippen molar-refractivity contribution in [3.05, 3.63) is 54.1 Å². The summed E-state index contributed by atoms with van der Waals surface area (Å²) in [6.07, 6.45) is 0. The third-order valence-corrected chi connectivity index (χ3v) is 5.42. The number of nitrogens with zero attached hydrogens (tertiary/aromatic N) is 5. The Kier molecular flexibility index (Phi) is 6.87. The molecule has 0 aliphatic heterocycles. The molecule has 2 aromatic carbocycles. The van der Waals surface area contributed by atoms with Crippen LogP contribution in [0.3, 0.4) is 0 Å².